The molecule has 4 aromatic heterocycles. The van der Waals surface area contributed by atoms with Gasteiger partial charge in [-0.25, -0.2) is 14.5 Å². The van der Waals surface area contributed by atoms with Gasteiger partial charge in [0.15, 0.2) is 5.82 Å². The van der Waals surface area contributed by atoms with E-state index in [0.717, 1.165) is 52.7 Å². The fourth-order valence-corrected chi connectivity index (χ4v) is 3.86. The van der Waals surface area contributed by atoms with Crippen LogP contribution in [0.4, 0.5) is 11.6 Å². The molecule has 1 fully saturated rings. The molecule has 0 unspecified atom stereocenters. The summed E-state index contributed by atoms with van der Waals surface area (Å²) in [7, 11) is 2.11. The zero-order chi connectivity index (χ0) is 21.5. The molecule has 1 aliphatic heterocycles. The molecule has 31 heavy (non-hydrogen) atoms. The van der Waals surface area contributed by atoms with Gasteiger partial charge in [0, 0.05) is 30.1 Å². The van der Waals surface area contributed by atoms with Crippen LogP contribution < -0.4 is 10.1 Å². The van der Waals surface area contributed by atoms with E-state index in [4.69, 9.17) is 9.26 Å². The molecule has 5 rings (SSSR count). The number of fused-ring (bicyclic) bond motifs is 1. The zero-order valence-corrected chi connectivity index (χ0v) is 18.1. The third-order valence-electron chi connectivity index (χ3n) is 5.66. The fraction of sp³-hybridized carbons (Fsp3) is 0.364. The Morgan fingerprint density at radius 3 is 2.77 bits per heavy atom. The van der Waals surface area contributed by atoms with Crippen LogP contribution in [0.1, 0.15) is 23.7 Å². The lowest BCUT2D eigenvalue weighted by molar-refractivity contribution is 0.0737. The van der Waals surface area contributed by atoms with Crippen LogP contribution in [-0.4, -0.2) is 55.9 Å². The number of hydrogen-bond donors (Lipinski definition) is 1. The molecular formula is C22H25N7O2. The maximum absolute atomic E-state index is 6.01. The van der Waals surface area contributed by atoms with E-state index in [9.17, 15) is 0 Å². The molecule has 0 aromatic carbocycles. The predicted molar refractivity (Wildman–Crippen MR) is 117 cm³/mol. The van der Waals surface area contributed by atoms with Crippen molar-refractivity contribution in [1.29, 1.82) is 0 Å². The van der Waals surface area contributed by atoms with Gasteiger partial charge in [0.1, 0.15) is 24.0 Å². The highest BCUT2D eigenvalue weighted by Gasteiger charge is 2.26. The number of nitrogens with zero attached hydrogens (tertiary/aromatic N) is 6. The molecule has 0 spiro atoms. The van der Waals surface area contributed by atoms with Gasteiger partial charge in [-0.2, -0.15) is 5.10 Å². The number of nitrogens with one attached hydrogen (secondary N) is 1. The number of pyridine rings is 1. The Hall–Kier alpha value is -3.46. The van der Waals surface area contributed by atoms with E-state index in [-0.39, 0.29) is 0 Å². The highest BCUT2D eigenvalue weighted by atomic mass is 16.5. The normalized spacial score (nSPS) is 16.5. The summed E-state index contributed by atoms with van der Waals surface area (Å²) in [6.45, 7) is 7.44. The number of aromatic nitrogens is 5. The smallest absolute Gasteiger partial charge is 0.262 e. The van der Waals surface area contributed by atoms with Crippen molar-refractivity contribution in [3.63, 3.8) is 0 Å². The summed E-state index contributed by atoms with van der Waals surface area (Å²) >= 11 is 0. The third kappa shape index (κ3) is 3.84. The highest BCUT2D eigenvalue weighted by Crippen LogP contribution is 2.34. The lowest BCUT2D eigenvalue weighted by Gasteiger charge is -2.37. The van der Waals surface area contributed by atoms with Crippen molar-refractivity contribution in [2.75, 3.05) is 25.5 Å². The van der Waals surface area contributed by atoms with E-state index in [1.165, 1.54) is 0 Å². The SMILES string of the molecule is Cc1cc(Nc2cc3cc(-c4c(OC[C@H]5CCN5C)noc4C)ccn3n2)nc(C)n1. The van der Waals surface area contributed by atoms with Crippen molar-refractivity contribution in [2.45, 2.75) is 33.2 Å². The van der Waals surface area contributed by atoms with E-state index in [0.29, 0.717) is 24.3 Å². The van der Waals surface area contributed by atoms with E-state index in [1.54, 1.807) is 0 Å². The molecule has 1 N–H and O–H groups in total. The van der Waals surface area contributed by atoms with Gasteiger partial charge in [0.2, 0.25) is 0 Å². The van der Waals surface area contributed by atoms with E-state index < -0.39 is 0 Å². The van der Waals surface area contributed by atoms with Crippen molar-refractivity contribution < 1.29 is 9.26 Å². The minimum Gasteiger partial charge on any atom is -0.473 e. The average molecular weight is 419 g/mol. The number of aryl methyl sites for hydroxylation is 3. The molecule has 0 amide bonds. The molecule has 0 bridgehead atoms. The molecular weight excluding hydrogens is 394 g/mol. The second-order valence-corrected chi connectivity index (χ2v) is 8.03. The Bertz CT molecular complexity index is 1230. The number of likely N-dealkylation sites (tertiary alicyclic amines) is 1. The standard InChI is InChI=1S/C22H25N7O2/c1-13-9-19(24-15(3)23-13)25-20-11-18-10-16(5-8-29(18)26-20)21-14(2)31-27-22(21)30-12-17-6-7-28(17)4/h5,8-11,17H,6-7,12H2,1-4H3,(H,23,24,25,26)/t17-/m1/s1. The predicted octanol–water partition coefficient (Wildman–Crippen LogP) is 3.53. The second kappa shape index (κ2) is 7.66. The molecule has 5 heterocycles. The van der Waals surface area contributed by atoms with Crippen molar-refractivity contribution in [2.24, 2.45) is 0 Å². The fourth-order valence-electron chi connectivity index (χ4n) is 3.86. The molecule has 9 nitrogen and oxygen atoms in total. The van der Waals surface area contributed by atoms with Crippen LogP contribution in [0.15, 0.2) is 35.0 Å². The Kier molecular flexibility index (Phi) is 4.82. The van der Waals surface area contributed by atoms with E-state index in [1.807, 2.05) is 49.7 Å². The van der Waals surface area contributed by atoms with E-state index in [2.05, 4.69) is 43.6 Å². The number of rotatable bonds is 6. The summed E-state index contributed by atoms with van der Waals surface area (Å²) in [5.41, 5.74) is 3.70. The molecule has 0 aliphatic carbocycles. The number of ether oxygens (including phenoxy) is 1. The van der Waals surface area contributed by atoms with Crippen LogP contribution in [0.5, 0.6) is 5.88 Å². The molecule has 1 atom stereocenters. The number of likely N-dealkylation sites (N-methyl/N-ethyl adjacent to an activating group) is 1. The lowest BCUT2D eigenvalue weighted by atomic mass is 10.1. The van der Waals surface area contributed by atoms with Crippen LogP contribution in [0.25, 0.3) is 16.6 Å². The summed E-state index contributed by atoms with van der Waals surface area (Å²) in [5.74, 6) is 3.41. The maximum atomic E-state index is 6.01. The largest absolute Gasteiger partial charge is 0.473 e. The third-order valence-corrected chi connectivity index (χ3v) is 5.66. The maximum Gasteiger partial charge on any atom is 0.262 e. The van der Waals surface area contributed by atoms with E-state index >= 15 is 0 Å². The molecule has 160 valence electrons. The molecule has 0 saturated carbocycles. The minimum absolute atomic E-state index is 0.435. The molecule has 1 saturated heterocycles. The van der Waals surface area contributed by atoms with Crippen LogP contribution in [-0.2, 0) is 0 Å². The average Bonchev–Trinajstić information content (AvgIpc) is 3.28. The van der Waals surface area contributed by atoms with Crippen molar-refractivity contribution in [1.82, 2.24) is 29.6 Å². The van der Waals surface area contributed by atoms with Crippen molar-refractivity contribution in [3.8, 4) is 17.0 Å². The number of anilines is 2. The Morgan fingerprint density at radius 2 is 2.03 bits per heavy atom. The summed E-state index contributed by atoms with van der Waals surface area (Å²) in [6, 6.07) is 8.35. The molecule has 4 aromatic rings. The Labute approximate surface area is 180 Å². The van der Waals surface area contributed by atoms with Crippen molar-refractivity contribution in [3.05, 3.63) is 47.7 Å². The van der Waals surface area contributed by atoms with Gasteiger partial charge in [0.05, 0.1) is 11.1 Å². The summed E-state index contributed by atoms with van der Waals surface area (Å²) in [4.78, 5) is 11.0. The van der Waals surface area contributed by atoms with Gasteiger partial charge >= 0.3 is 0 Å². The first-order valence-corrected chi connectivity index (χ1v) is 10.3. The van der Waals surface area contributed by atoms with Gasteiger partial charge in [-0.15, -0.1) is 0 Å². The topological polar surface area (TPSA) is 93.6 Å². The van der Waals surface area contributed by atoms with Crippen LogP contribution in [0.2, 0.25) is 0 Å². The molecule has 1 aliphatic rings. The summed E-state index contributed by atoms with van der Waals surface area (Å²) in [6.07, 6.45) is 3.06. The Balaban J connectivity index is 1.41. The van der Waals surface area contributed by atoms with Crippen LogP contribution >= 0.6 is 0 Å². The highest BCUT2D eigenvalue weighted by molar-refractivity contribution is 5.75. The quantitative estimate of drug-likeness (QED) is 0.507. The van der Waals surface area contributed by atoms with Gasteiger partial charge in [0.25, 0.3) is 5.88 Å². The Morgan fingerprint density at radius 1 is 1.16 bits per heavy atom. The van der Waals surface area contributed by atoms with Gasteiger partial charge in [-0.1, -0.05) is 0 Å². The zero-order valence-electron chi connectivity index (χ0n) is 18.1. The monoisotopic (exact) mass is 419 g/mol. The van der Waals surface area contributed by atoms with Crippen LogP contribution in [0.3, 0.4) is 0 Å². The lowest BCUT2D eigenvalue weighted by Crippen LogP contribution is -2.48. The molecule has 0 radical (unpaired) electrons. The van der Waals surface area contributed by atoms with Gasteiger partial charge in [-0.05, 0) is 63.6 Å². The van der Waals surface area contributed by atoms with Crippen molar-refractivity contribution >= 4 is 17.2 Å². The van der Waals surface area contributed by atoms with Gasteiger partial charge in [-0.3, -0.25) is 4.90 Å². The molecule has 9 heteroatoms. The van der Waals surface area contributed by atoms with Gasteiger partial charge < -0.3 is 14.6 Å². The summed E-state index contributed by atoms with van der Waals surface area (Å²) in [5, 5.41) is 12.0. The first-order valence-electron chi connectivity index (χ1n) is 10.3. The van der Waals surface area contributed by atoms with Crippen LogP contribution in [0, 0.1) is 20.8 Å². The second-order valence-electron chi connectivity index (χ2n) is 8.03. The first kappa shape index (κ1) is 19.5. The minimum atomic E-state index is 0.435. The number of hydrogen-bond acceptors (Lipinski definition) is 8. The first-order chi connectivity index (χ1) is 15.0. The summed E-state index contributed by atoms with van der Waals surface area (Å²) < 4.78 is 13.3.